The van der Waals surface area contributed by atoms with Crippen LogP contribution < -0.4 is 0 Å². The van der Waals surface area contributed by atoms with Crippen molar-refractivity contribution in [2.24, 2.45) is 0 Å². The van der Waals surface area contributed by atoms with Crippen LogP contribution >= 0.6 is 11.3 Å². The Morgan fingerprint density at radius 1 is 0.943 bits per heavy atom. The Morgan fingerprint density at radius 2 is 1.71 bits per heavy atom. The van der Waals surface area contributed by atoms with Crippen LogP contribution in [0.1, 0.15) is 80.8 Å². The maximum Gasteiger partial charge on any atom is 0.236 e. The first-order valence-corrected chi connectivity index (χ1v) is 14.4. The molecule has 0 unspecified atom stereocenters. The molecule has 1 saturated heterocycles. The van der Waals surface area contributed by atoms with Gasteiger partial charge in [0.25, 0.3) is 0 Å². The summed E-state index contributed by atoms with van der Waals surface area (Å²) in [6, 6.07) is 13.0. The minimum atomic E-state index is 0.0787. The van der Waals surface area contributed by atoms with Crippen LogP contribution in [0, 0.1) is 0 Å². The molecule has 2 aromatic rings. The van der Waals surface area contributed by atoms with Crippen LogP contribution in [0.15, 0.2) is 41.8 Å². The van der Waals surface area contributed by atoms with Crippen LogP contribution in [0.25, 0.3) is 0 Å². The second-order valence-electron chi connectivity index (χ2n) is 10.1. The molecule has 5 nitrogen and oxygen atoms in total. The van der Waals surface area contributed by atoms with Crippen molar-refractivity contribution in [1.29, 1.82) is 0 Å². The molecule has 1 fully saturated rings. The van der Waals surface area contributed by atoms with Crippen molar-refractivity contribution in [2.45, 2.75) is 77.3 Å². The third-order valence-corrected chi connectivity index (χ3v) is 8.56. The Balaban J connectivity index is 1.31. The van der Waals surface area contributed by atoms with Gasteiger partial charge in [0.15, 0.2) is 0 Å². The van der Waals surface area contributed by atoms with E-state index in [1.54, 1.807) is 0 Å². The second kappa shape index (κ2) is 12.7. The first-order chi connectivity index (χ1) is 17.1. The highest BCUT2D eigenvalue weighted by Gasteiger charge is 2.34. The molecule has 3 heterocycles. The molecule has 2 atom stereocenters. The monoisotopic (exact) mass is 495 g/mol. The Kier molecular flexibility index (Phi) is 9.38. The highest BCUT2D eigenvalue weighted by molar-refractivity contribution is 7.10. The molecule has 4 rings (SSSR count). The van der Waals surface area contributed by atoms with E-state index >= 15 is 0 Å². The molecular formula is C29H41N3O2S. The third kappa shape index (κ3) is 6.53. The second-order valence-corrected chi connectivity index (χ2v) is 11.1. The van der Waals surface area contributed by atoms with Crippen molar-refractivity contribution in [2.75, 3.05) is 32.7 Å². The van der Waals surface area contributed by atoms with Crippen molar-refractivity contribution in [3.63, 3.8) is 0 Å². The molecule has 6 heteroatoms. The smallest absolute Gasteiger partial charge is 0.236 e. The minimum absolute atomic E-state index is 0.0787. The van der Waals surface area contributed by atoms with Gasteiger partial charge in [0.1, 0.15) is 0 Å². The summed E-state index contributed by atoms with van der Waals surface area (Å²) in [6.07, 6.45) is 8.81. The van der Waals surface area contributed by atoms with E-state index in [-0.39, 0.29) is 23.9 Å². The van der Waals surface area contributed by atoms with E-state index < -0.39 is 0 Å². The summed E-state index contributed by atoms with van der Waals surface area (Å²) in [5.74, 6) is 0.435. The van der Waals surface area contributed by atoms with Gasteiger partial charge in [-0.15, -0.1) is 11.3 Å². The molecule has 2 amide bonds. The lowest BCUT2D eigenvalue weighted by Gasteiger charge is -2.42. The number of thiophene rings is 1. The molecule has 190 valence electrons. The van der Waals surface area contributed by atoms with Crippen molar-refractivity contribution < 1.29 is 9.59 Å². The average Bonchev–Trinajstić information content (AvgIpc) is 3.35. The lowest BCUT2D eigenvalue weighted by atomic mass is 9.93. The Morgan fingerprint density at radius 3 is 2.49 bits per heavy atom. The number of carbonyl (C=O) groups is 2. The standard InChI is InChI=1S/C29H41N3O2S/c1-3-4-5-6-7-11-14-27(33)32-19-18-30(21-23(32)2)28(34)22-31-17-15-26-25(16-20-35-26)29(31)24-12-9-8-10-13-24/h8-10,12-13,16,20,23,29H,3-7,11,14-15,17-19,21-22H2,1-2H3/t23-,29+/m0/s1. The highest BCUT2D eigenvalue weighted by atomic mass is 32.1. The zero-order chi connectivity index (χ0) is 24.6. The van der Waals surface area contributed by atoms with Gasteiger partial charge in [-0.3, -0.25) is 14.5 Å². The van der Waals surface area contributed by atoms with E-state index in [9.17, 15) is 9.59 Å². The average molecular weight is 496 g/mol. The van der Waals surface area contributed by atoms with E-state index in [4.69, 9.17) is 0 Å². The van der Waals surface area contributed by atoms with E-state index in [1.807, 2.05) is 27.2 Å². The predicted molar refractivity (Wildman–Crippen MR) is 144 cm³/mol. The molecule has 2 aliphatic rings. The number of rotatable bonds is 10. The minimum Gasteiger partial charge on any atom is -0.338 e. The van der Waals surface area contributed by atoms with Crippen LogP contribution in [0.4, 0.5) is 0 Å². The number of hydrogen-bond acceptors (Lipinski definition) is 4. The molecule has 2 aliphatic heterocycles. The number of carbonyl (C=O) groups excluding carboxylic acids is 2. The van der Waals surface area contributed by atoms with Gasteiger partial charge in [-0.05, 0) is 42.3 Å². The van der Waals surface area contributed by atoms with Gasteiger partial charge in [0, 0.05) is 43.5 Å². The molecule has 0 N–H and O–H groups in total. The van der Waals surface area contributed by atoms with Gasteiger partial charge in [0.05, 0.1) is 12.6 Å². The largest absolute Gasteiger partial charge is 0.338 e. The Labute approximate surface area is 215 Å². The van der Waals surface area contributed by atoms with Crippen LogP contribution in [0.3, 0.4) is 0 Å². The molecule has 0 spiro atoms. The summed E-state index contributed by atoms with van der Waals surface area (Å²) in [7, 11) is 0. The lowest BCUT2D eigenvalue weighted by Crippen LogP contribution is -2.57. The third-order valence-electron chi connectivity index (χ3n) is 7.56. The van der Waals surface area contributed by atoms with Gasteiger partial charge >= 0.3 is 0 Å². The predicted octanol–water partition coefficient (Wildman–Crippen LogP) is 5.51. The quantitative estimate of drug-likeness (QED) is 0.409. The van der Waals surface area contributed by atoms with Gasteiger partial charge < -0.3 is 9.80 Å². The van der Waals surface area contributed by atoms with Crippen LogP contribution in [-0.4, -0.2) is 65.3 Å². The molecule has 1 aromatic heterocycles. The molecule has 0 aliphatic carbocycles. The van der Waals surface area contributed by atoms with E-state index in [1.165, 1.54) is 41.7 Å². The topological polar surface area (TPSA) is 43.9 Å². The zero-order valence-corrected chi connectivity index (χ0v) is 22.3. The van der Waals surface area contributed by atoms with Crippen LogP contribution in [0.5, 0.6) is 0 Å². The van der Waals surface area contributed by atoms with Gasteiger partial charge in [-0.25, -0.2) is 0 Å². The SMILES string of the molecule is CCCCCCCCC(=O)N1CCN(C(=O)CN2CCc3sccc3[C@H]2c2ccccc2)C[C@@H]1C. The fraction of sp³-hybridized carbons (Fsp3) is 0.586. The van der Waals surface area contributed by atoms with Gasteiger partial charge in [-0.1, -0.05) is 69.4 Å². The zero-order valence-electron chi connectivity index (χ0n) is 21.5. The summed E-state index contributed by atoms with van der Waals surface area (Å²) < 4.78 is 0. The number of unbranched alkanes of at least 4 members (excludes halogenated alkanes) is 5. The normalized spacial score (nSPS) is 20.6. The number of nitrogens with zero attached hydrogens (tertiary/aromatic N) is 3. The van der Waals surface area contributed by atoms with E-state index in [0.717, 1.165) is 25.8 Å². The van der Waals surface area contributed by atoms with Crippen molar-refractivity contribution in [1.82, 2.24) is 14.7 Å². The molecule has 0 saturated carbocycles. The number of hydrogen-bond donors (Lipinski definition) is 0. The summed E-state index contributed by atoms with van der Waals surface area (Å²) >= 11 is 1.83. The molecular weight excluding hydrogens is 454 g/mol. The number of benzene rings is 1. The highest BCUT2D eigenvalue weighted by Crippen LogP contribution is 2.37. The maximum absolute atomic E-state index is 13.4. The number of fused-ring (bicyclic) bond motifs is 1. The van der Waals surface area contributed by atoms with Crippen LogP contribution in [-0.2, 0) is 16.0 Å². The fourth-order valence-corrected chi connectivity index (χ4v) is 6.50. The number of amides is 2. The van der Waals surface area contributed by atoms with Crippen molar-refractivity contribution >= 4 is 23.2 Å². The molecule has 1 aromatic carbocycles. The Bertz CT molecular complexity index is 960. The number of piperazine rings is 1. The van der Waals surface area contributed by atoms with E-state index in [0.29, 0.717) is 32.6 Å². The summed E-state index contributed by atoms with van der Waals surface area (Å²) in [6.45, 7) is 7.55. The Hall–Kier alpha value is -2.18. The van der Waals surface area contributed by atoms with Crippen molar-refractivity contribution in [3.05, 3.63) is 57.8 Å². The first-order valence-electron chi connectivity index (χ1n) is 13.5. The molecule has 0 radical (unpaired) electrons. The lowest BCUT2D eigenvalue weighted by molar-refractivity contribution is -0.143. The van der Waals surface area contributed by atoms with Gasteiger partial charge in [-0.2, -0.15) is 0 Å². The fourth-order valence-electron chi connectivity index (χ4n) is 5.59. The van der Waals surface area contributed by atoms with E-state index in [2.05, 4.69) is 54.5 Å². The van der Waals surface area contributed by atoms with Gasteiger partial charge in [0.2, 0.25) is 11.8 Å². The summed E-state index contributed by atoms with van der Waals surface area (Å²) in [4.78, 5) is 34.0. The maximum atomic E-state index is 13.4. The first kappa shape index (κ1) is 25.9. The molecule has 0 bridgehead atoms. The summed E-state index contributed by atoms with van der Waals surface area (Å²) in [5, 5.41) is 2.18. The van der Waals surface area contributed by atoms with Crippen molar-refractivity contribution in [3.8, 4) is 0 Å². The molecule has 35 heavy (non-hydrogen) atoms. The van der Waals surface area contributed by atoms with Crippen LogP contribution in [0.2, 0.25) is 0 Å². The summed E-state index contributed by atoms with van der Waals surface area (Å²) in [5.41, 5.74) is 2.59.